The first-order valence-corrected chi connectivity index (χ1v) is 3.24. The van der Waals surface area contributed by atoms with E-state index in [1.54, 1.807) is 0 Å². The van der Waals surface area contributed by atoms with Gasteiger partial charge in [0.25, 0.3) is 0 Å². The molecule has 0 aromatic heterocycles. The van der Waals surface area contributed by atoms with Gasteiger partial charge in [0.2, 0.25) is 0 Å². The fraction of sp³-hybridized carbons (Fsp3) is 0.600. The zero-order valence-corrected chi connectivity index (χ0v) is 5.66. The Morgan fingerprint density at radius 1 is 1.71 bits per heavy atom. The standard InChI is InChI=1S/C5H8BrN/c1-2-4-7-5-3-6/h1,7H,3-5H2. The van der Waals surface area contributed by atoms with E-state index in [9.17, 15) is 0 Å². The first-order valence-electron chi connectivity index (χ1n) is 2.12. The molecule has 0 atom stereocenters. The van der Waals surface area contributed by atoms with Gasteiger partial charge in [-0.25, -0.2) is 0 Å². The molecule has 0 unspecified atom stereocenters. The van der Waals surface area contributed by atoms with Crippen LogP contribution in [0.25, 0.3) is 0 Å². The first-order chi connectivity index (χ1) is 3.41. The summed E-state index contributed by atoms with van der Waals surface area (Å²) in [6, 6.07) is 0. The number of alkyl halides is 1. The highest BCUT2D eigenvalue weighted by molar-refractivity contribution is 9.09. The molecule has 0 amide bonds. The Kier molecular flexibility index (Phi) is 6.00. The van der Waals surface area contributed by atoms with Gasteiger partial charge >= 0.3 is 0 Å². The third kappa shape index (κ3) is 6.00. The summed E-state index contributed by atoms with van der Waals surface area (Å²) in [5.74, 6) is 2.47. The molecule has 0 aromatic rings. The monoisotopic (exact) mass is 161 g/mol. The molecule has 40 valence electrons. The van der Waals surface area contributed by atoms with Crippen molar-refractivity contribution in [1.82, 2.24) is 5.32 Å². The van der Waals surface area contributed by atoms with Crippen LogP contribution in [0.3, 0.4) is 0 Å². The number of terminal acetylenes is 1. The van der Waals surface area contributed by atoms with E-state index in [-0.39, 0.29) is 0 Å². The first kappa shape index (κ1) is 7.00. The Morgan fingerprint density at radius 2 is 2.43 bits per heavy atom. The van der Waals surface area contributed by atoms with Crippen molar-refractivity contribution in [2.45, 2.75) is 0 Å². The number of hydrogen-bond acceptors (Lipinski definition) is 1. The lowest BCUT2D eigenvalue weighted by molar-refractivity contribution is 0.821. The van der Waals surface area contributed by atoms with Gasteiger partial charge in [0.15, 0.2) is 0 Å². The highest BCUT2D eigenvalue weighted by Gasteiger charge is 1.75. The number of nitrogens with one attached hydrogen (secondary N) is 1. The molecule has 0 bridgehead atoms. The van der Waals surface area contributed by atoms with Crippen LogP contribution >= 0.6 is 15.9 Å². The van der Waals surface area contributed by atoms with Crippen LogP contribution in [0, 0.1) is 12.3 Å². The lowest BCUT2D eigenvalue weighted by Gasteiger charge is -1.90. The molecule has 0 fully saturated rings. The zero-order chi connectivity index (χ0) is 5.54. The van der Waals surface area contributed by atoms with E-state index in [0.717, 1.165) is 11.9 Å². The summed E-state index contributed by atoms with van der Waals surface area (Å²) >= 11 is 3.25. The normalized spacial score (nSPS) is 8.00. The molecule has 0 heterocycles. The molecule has 0 aliphatic carbocycles. The maximum atomic E-state index is 4.94. The number of rotatable bonds is 3. The van der Waals surface area contributed by atoms with Crippen molar-refractivity contribution < 1.29 is 0 Å². The van der Waals surface area contributed by atoms with Gasteiger partial charge in [0, 0.05) is 11.9 Å². The molecule has 1 nitrogen and oxygen atoms in total. The van der Waals surface area contributed by atoms with E-state index in [2.05, 4.69) is 27.2 Å². The van der Waals surface area contributed by atoms with Crippen molar-refractivity contribution in [2.24, 2.45) is 0 Å². The molecule has 7 heavy (non-hydrogen) atoms. The Labute approximate surface area is 52.6 Å². The lowest BCUT2D eigenvalue weighted by atomic mass is 10.6. The third-order valence-corrected chi connectivity index (χ3v) is 0.895. The van der Waals surface area contributed by atoms with Gasteiger partial charge in [-0.3, -0.25) is 0 Å². The van der Waals surface area contributed by atoms with Crippen molar-refractivity contribution in [1.29, 1.82) is 0 Å². The SMILES string of the molecule is C#CCNCCBr. The zero-order valence-electron chi connectivity index (χ0n) is 4.08. The summed E-state index contributed by atoms with van der Waals surface area (Å²) in [6.45, 7) is 1.62. The van der Waals surface area contributed by atoms with Crippen LogP contribution in [-0.4, -0.2) is 18.4 Å². The third-order valence-electron chi connectivity index (χ3n) is 0.498. The van der Waals surface area contributed by atoms with Crippen LogP contribution in [0.2, 0.25) is 0 Å². The molecular formula is C5H8BrN. The molecular weight excluding hydrogens is 154 g/mol. The van der Waals surface area contributed by atoms with Gasteiger partial charge in [0.05, 0.1) is 6.54 Å². The molecule has 0 radical (unpaired) electrons. The summed E-state index contributed by atoms with van der Waals surface area (Å²) in [5.41, 5.74) is 0. The lowest BCUT2D eigenvalue weighted by Crippen LogP contribution is -2.15. The molecule has 0 aliphatic rings. The molecule has 0 rings (SSSR count). The van der Waals surface area contributed by atoms with Gasteiger partial charge < -0.3 is 5.32 Å². The average molecular weight is 162 g/mol. The van der Waals surface area contributed by atoms with Gasteiger partial charge in [-0.05, 0) is 0 Å². The maximum Gasteiger partial charge on any atom is 0.0574 e. The Morgan fingerprint density at radius 3 is 2.86 bits per heavy atom. The van der Waals surface area contributed by atoms with Gasteiger partial charge in [-0.2, -0.15) is 0 Å². The second-order valence-electron chi connectivity index (χ2n) is 1.07. The largest absolute Gasteiger partial charge is 0.305 e. The number of hydrogen-bond donors (Lipinski definition) is 1. The van der Waals surface area contributed by atoms with Crippen LogP contribution in [0.15, 0.2) is 0 Å². The minimum Gasteiger partial charge on any atom is -0.305 e. The topological polar surface area (TPSA) is 12.0 Å². The van der Waals surface area contributed by atoms with Crippen LogP contribution in [0.4, 0.5) is 0 Å². The van der Waals surface area contributed by atoms with E-state index in [0.29, 0.717) is 6.54 Å². The summed E-state index contributed by atoms with van der Waals surface area (Å²) in [4.78, 5) is 0. The Balaban J connectivity index is 2.60. The predicted molar refractivity (Wildman–Crippen MR) is 35.5 cm³/mol. The number of halogens is 1. The van der Waals surface area contributed by atoms with Crippen LogP contribution in [0.5, 0.6) is 0 Å². The quantitative estimate of drug-likeness (QED) is 0.364. The van der Waals surface area contributed by atoms with Crippen molar-refractivity contribution >= 4 is 15.9 Å². The minimum atomic E-state index is 0.672. The van der Waals surface area contributed by atoms with Gasteiger partial charge in [0.1, 0.15) is 0 Å². The maximum absolute atomic E-state index is 4.94. The Hall–Kier alpha value is 0. The Bertz CT molecular complexity index is 65.0. The van der Waals surface area contributed by atoms with Crippen molar-refractivity contribution in [3.63, 3.8) is 0 Å². The molecule has 0 aliphatic heterocycles. The highest BCUT2D eigenvalue weighted by Crippen LogP contribution is 1.72. The molecule has 0 aromatic carbocycles. The van der Waals surface area contributed by atoms with Crippen LogP contribution < -0.4 is 5.32 Å². The van der Waals surface area contributed by atoms with E-state index in [1.165, 1.54) is 0 Å². The molecule has 0 saturated carbocycles. The summed E-state index contributed by atoms with van der Waals surface area (Å²) < 4.78 is 0. The van der Waals surface area contributed by atoms with E-state index in [1.807, 2.05) is 0 Å². The van der Waals surface area contributed by atoms with E-state index < -0.39 is 0 Å². The second-order valence-corrected chi connectivity index (χ2v) is 1.86. The van der Waals surface area contributed by atoms with Gasteiger partial charge in [-0.15, -0.1) is 6.42 Å². The average Bonchev–Trinajstić information content (AvgIpc) is 1.69. The van der Waals surface area contributed by atoms with Crippen LogP contribution in [0.1, 0.15) is 0 Å². The second kappa shape index (κ2) is 6.00. The fourth-order valence-corrected chi connectivity index (χ4v) is 0.508. The van der Waals surface area contributed by atoms with Crippen LogP contribution in [-0.2, 0) is 0 Å². The molecule has 2 heteroatoms. The highest BCUT2D eigenvalue weighted by atomic mass is 79.9. The van der Waals surface area contributed by atoms with Crippen molar-refractivity contribution in [3.8, 4) is 12.3 Å². The van der Waals surface area contributed by atoms with E-state index >= 15 is 0 Å². The minimum absolute atomic E-state index is 0.672. The predicted octanol–water partition coefficient (Wildman–Crippen LogP) is 0.604. The summed E-state index contributed by atoms with van der Waals surface area (Å²) in [5, 5.41) is 3.97. The van der Waals surface area contributed by atoms with E-state index in [4.69, 9.17) is 6.42 Å². The smallest absolute Gasteiger partial charge is 0.0574 e. The van der Waals surface area contributed by atoms with Gasteiger partial charge in [-0.1, -0.05) is 21.9 Å². The summed E-state index contributed by atoms with van der Waals surface area (Å²) in [6.07, 6.45) is 4.94. The van der Waals surface area contributed by atoms with Crippen molar-refractivity contribution in [2.75, 3.05) is 18.4 Å². The molecule has 0 saturated heterocycles. The molecule has 0 spiro atoms. The molecule has 1 N–H and O–H groups in total. The summed E-state index contributed by atoms with van der Waals surface area (Å²) in [7, 11) is 0. The fourth-order valence-electron chi connectivity index (χ4n) is 0.227. The van der Waals surface area contributed by atoms with Crippen molar-refractivity contribution in [3.05, 3.63) is 0 Å².